The average molecular weight is 139 g/mol. The molecule has 0 spiro atoms. The van der Waals surface area contributed by atoms with Crippen molar-refractivity contribution in [2.75, 3.05) is 6.61 Å². The van der Waals surface area contributed by atoms with Crippen LogP contribution in [0.2, 0.25) is 0 Å². The summed E-state index contributed by atoms with van der Waals surface area (Å²) in [7, 11) is 0. The van der Waals surface area contributed by atoms with Crippen LogP contribution in [-0.4, -0.2) is 16.7 Å². The second-order valence-corrected chi connectivity index (χ2v) is 2.07. The van der Waals surface area contributed by atoms with Crippen molar-refractivity contribution < 1.29 is 9.67 Å². The summed E-state index contributed by atoms with van der Waals surface area (Å²) in [6.45, 7) is 1.08. The van der Waals surface area contributed by atoms with Crippen LogP contribution in [0, 0.1) is 0 Å². The zero-order chi connectivity index (χ0) is 7.23. The van der Waals surface area contributed by atoms with Crippen LogP contribution in [0.5, 0.6) is 0 Å². The lowest BCUT2D eigenvalue weighted by Gasteiger charge is -1.93. The Balaban J connectivity index is 2.43. The van der Waals surface area contributed by atoms with E-state index in [1.807, 2.05) is 16.8 Å². The van der Waals surface area contributed by atoms with Crippen molar-refractivity contribution in [1.82, 2.24) is 4.98 Å². The summed E-state index contributed by atoms with van der Waals surface area (Å²) < 4.78 is 1.94. The number of aromatic nitrogens is 2. The lowest BCUT2D eigenvalue weighted by atomic mass is 10.4. The Hall–Kier alpha value is -0.960. The van der Waals surface area contributed by atoms with E-state index in [-0.39, 0.29) is 6.61 Å². The number of hydrogen-bond donors (Lipinski definition) is 1. The smallest absolute Gasteiger partial charge is 0.286 e. The minimum absolute atomic E-state index is 0.238. The molecule has 3 heteroatoms. The molecule has 0 aromatic carbocycles. The minimum atomic E-state index is 0.238. The summed E-state index contributed by atoms with van der Waals surface area (Å²) >= 11 is 0. The summed E-state index contributed by atoms with van der Waals surface area (Å²) in [5.74, 6) is 0. The zero-order valence-corrected chi connectivity index (χ0v) is 5.77. The highest BCUT2D eigenvalue weighted by Crippen LogP contribution is 1.76. The fraction of sp³-hybridized carbons (Fsp3) is 0.429. The summed E-state index contributed by atoms with van der Waals surface area (Å²) in [6, 6.07) is 1.87. The van der Waals surface area contributed by atoms with Gasteiger partial charge in [-0.25, -0.2) is 4.57 Å². The van der Waals surface area contributed by atoms with Gasteiger partial charge in [0.1, 0.15) is 6.20 Å². The molecule has 0 fully saturated rings. The van der Waals surface area contributed by atoms with E-state index >= 15 is 0 Å². The summed E-state index contributed by atoms with van der Waals surface area (Å²) in [4.78, 5) is 3.92. The lowest BCUT2D eigenvalue weighted by Crippen LogP contribution is -2.33. The van der Waals surface area contributed by atoms with Crippen molar-refractivity contribution in [3.8, 4) is 0 Å². The molecule has 0 atom stereocenters. The maximum Gasteiger partial charge on any atom is 0.286 e. The molecule has 54 valence electrons. The first-order valence-corrected chi connectivity index (χ1v) is 3.33. The molecule has 0 saturated heterocycles. The van der Waals surface area contributed by atoms with Crippen LogP contribution < -0.4 is 4.57 Å². The van der Waals surface area contributed by atoms with E-state index in [1.165, 1.54) is 0 Å². The Bertz CT molecular complexity index is 176. The number of hydrogen-bond acceptors (Lipinski definition) is 2. The molecule has 0 aliphatic carbocycles. The average Bonchev–Trinajstić information content (AvgIpc) is 2.03. The molecule has 1 aromatic rings. The van der Waals surface area contributed by atoms with Crippen LogP contribution >= 0.6 is 0 Å². The number of aryl methyl sites for hydroxylation is 1. The van der Waals surface area contributed by atoms with Gasteiger partial charge >= 0.3 is 0 Å². The first kappa shape index (κ1) is 7.15. The van der Waals surface area contributed by atoms with E-state index < -0.39 is 0 Å². The Labute approximate surface area is 60.0 Å². The first-order valence-electron chi connectivity index (χ1n) is 3.33. The maximum absolute atomic E-state index is 8.49. The number of aliphatic hydroxyl groups is 1. The van der Waals surface area contributed by atoms with E-state index in [1.54, 1.807) is 12.5 Å². The first-order chi connectivity index (χ1) is 4.93. The van der Waals surface area contributed by atoms with Crippen LogP contribution in [0.15, 0.2) is 24.8 Å². The zero-order valence-electron chi connectivity index (χ0n) is 5.77. The Kier molecular flexibility index (Phi) is 2.83. The van der Waals surface area contributed by atoms with Crippen molar-refractivity contribution in [2.24, 2.45) is 0 Å². The molecule has 3 nitrogen and oxygen atoms in total. The third-order valence-corrected chi connectivity index (χ3v) is 1.24. The standard InChI is InChI=1S/C7H11N2O/c10-6-2-5-9-4-1-3-8-7-9/h1,3-4,7,10H,2,5-6H2/q+1. The fourth-order valence-corrected chi connectivity index (χ4v) is 0.747. The predicted octanol–water partition coefficient (Wildman–Crippen LogP) is -0.249. The molecule has 0 aliphatic rings. The van der Waals surface area contributed by atoms with E-state index in [4.69, 9.17) is 5.11 Å². The van der Waals surface area contributed by atoms with Gasteiger partial charge in [0.05, 0.1) is 12.7 Å². The van der Waals surface area contributed by atoms with Gasteiger partial charge in [-0.15, -0.1) is 0 Å². The Morgan fingerprint density at radius 2 is 2.40 bits per heavy atom. The molecule has 0 unspecified atom stereocenters. The van der Waals surface area contributed by atoms with Crippen molar-refractivity contribution in [3.05, 3.63) is 24.8 Å². The van der Waals surface area contributed by atoms with Crippen LogP contribution in [0.25, 0.3) is 0 Å². The van der Waals surface area contributed by atoms with Gasteiger partial charge in [-0.2, -0.15) is 0 Å². The highest BCUT2D eigenvalue weighted by Gasteiger charge is 1.92. The Morgan fingerprint density at radius 3 is 3.00 bits per heavy atom. The van der Waals surface area contributed by atoms with E-state index in [2.05, 4.69) is 4.98 Å². The maximum atomic E-state index is 8.49. The van der Waals surface area contributed by atoms with E-state index in [9.17, 15) is 0 Å². The molecular formula is C7H11N2O+. The van der Waals surface area contributed by atoms with Crippen molar-refractivity contribution in [2.45, 2.75) is 13.0 Å². The van der Waals surface area contributed by atoms with Crippen molar-refractivity contribution in [1.29, 1.82) is 0 Å². The van der Waals surface area contributed by atoms with Gasteiger partial charge in [0.2, 0.25) is 0 Å². The molecule has 0 radical (unpaired) electrons. The molecule has 1 aromatic heterocycles. The van der Waals surface area contributed by atoms with Crippen LogP contribution in [0.4, 0.5) is 0 Å². The number of aliphatic hydroxyl groups excluding tert-OH is 1. The second kappa shape index (κ2) is 3.95. The lowest BCUT2D eigenvalue weighted by molar-refractivity contribution is -0.700. The summed E-state index contributed by atoms with van der Waals surface area (Å²) in [6.07, 6.45) is 6.20. The number of nitrogens with zero attached hydrogens (tertiary/aromatic N) is 2. The quantitative estimate of drug-likeness (QED) is 0.586. The number of rotatable bonds is 3. The largest absolute Gasteiger partial charge is 0.396 e. The molecule has 0 saturated carbocycles. The molecule has 0 amide bonds. The highest BCUT2D eigenvalue weighted by atomic mass is 16.3. The second-order valence-electron chi connectivity index (χ2n) is 2.07. The van der Waals surface area contributed by atoms with Gasteiger partial charge in [0, 0.05) is 19.1 Å². The fourth-order valence-electron chi connectivity index (χ4n) is 0.747. The molecule has 1 rings (SSSR count). The van der Waals surface area contributed by atoms with Gasteiger partial charge < -0.3 is 5.11 Å². The Morgan fingerprint density at radius 1 is 1.50 bits per heavy atom. The van der Waals surface area contributed by atoms with E-state index in [0.29, 0.717) is 0 Å². The van der Waals surface area contributed by atoms with Crippen LogP contribution in [0.3, 0.4) is 0 Å². The SMILES string of the molecule is OCCC[n+]1cccnc1. The molecule has 1 N–H and O–H groups in total. The van der Waals surface area contributed by atoms with Gasteiger partial charge in [-0.1, -0.05) is 4.98 Å². The molecular weight excluding hydrogens is 128 g/mol. The van der Waals surface area contributed by atoms with Gasteiger partial charge in [-0.05, 0) is 0 Å². The van der Waals surface area contributed by atoms with Gasteiger partial charge in [0.15, 0.2) is 0 Å². The third-order valence-electron chi connectivity index (χ3n) is 1.24. The summed E-state index contributed by atoms with van der Waals surface area (Å²) in [5.41, 5.74) is 0. The summed E-state index contributed by atoms with van der Waals surface area (Å²) in [5, 5.41) is 8.49. The highest BCUT2D eigenvalue weighted by molar-refractivity contribution is 4.68. The molecule has 10 heavy (non-hydrogen) atoms. The normalized spacial score (nSPS) is 9.70. The van der Waals surface area contributed by atoms with E-state index in [0.717, 1.165) is 13.0 Å². The third kappa shape index (κ3) is 2.11. The minimum Gasteiger partial charge on any atom is -0.396 e. The molecule has 1 heterocycles. The molecule has 0 bridgehead atoms. The van der Waals surface area contributed by atoms with Crippen molar-refractivity contribution >= 4 is 0 Å². The van der Waals surface area contributed by atoms with Gasteiger partial charge in [0.25, 0.3) is 6.33 Å². The van der Waals surface area contributed by atoms with Gasteiger partial charge in [-0.3, -0.25) is 0 Å². The van der Waals surface area contributed by atoms with Crippen LogP contribution in [-0.2, 0) is 6.54 Å². The monoisotopic (exact) mass is 139 g/mol. The predicted molar refractivity (Wildman–Crippen MR) is 36.1 cm³/mol. The molecule has 0 aliphatic heterocycles. The van der Waals surface area contributed by atoms with Crippen LogP contribution in [0.1, 0.15) is 6.42 Å². The topological polar surface area (TPSA) is 37.0 Å². The van der Waals surface area contributed by atoms with Crippen molar-refractivity contribution in [3.63, 3.8) is 0 Å².